The lowest BCUT2D eigenvalue weighted by atomic mass is 10.1. The normalized spacial score (nSPS) is 18.1. The molecule has 20 heavy (non-hydrogen) atoms. The van der Waals surface area contributed by atoms with Crippen molar-refractivity contribution in [2.75, 3.05) is 26.2 Å². The van der Waals surface area contributed by atoms with E-state index in [1.807, 2.05) is 30.0 Å². The maximum absolute atomic E-state index is 12.6. The molecule has 0 aromatic heterocycles. The Balaban J connectivity index is 2.03. The molecule has 1 aliphatic rings. The number of aryl methyl sites for hydroxylation is 1. The van der Waals surface area contributed by atoms with Crippen molar-refractivity contribution in [1.82, 2.24) is 9.80 Å². The van der Waals surface area contributed by atoms with Crippen LogP contribution in [0.1, 0.15) is 36.2 Å². The predicted octanol–water partition coefficient (Wildman–Crippen LogP) is 3.31. The number of hydrogen-bond acceptors (Lipinski definition) is 2. The molecule has 1 amide bonds. The van der Waals surface area contributed by atoms with Crippen molar-refractivity contribution in [3.8, 4) is 0 Å². The largest absolute Gasteiger partial charge is 0.336 e. The quantitative estimate of drug-likeness (QED) is 0.844. The molecule has 0 N–H and O–H groups in total. The number of benzene rings is 1. The summed E-state index contributed by atoms with van der Waals surface area (Å²) in [5, 5.41) is 0. The van der Waals surface area contributed by atoms with Gasteiger partial charge >= 0.3 is 0 Å². The molecule has 1 unspecified atom stereocenters. The fraction of sp³-hybridized carbons (Fsp3) is 0.562. The van der Waals surface area contributed by atoms with Crippen molar-refractivity contribution in [1.29, 1.82) is 0 Å². The van der Waals surface area contributed by atoms with Gasteiger partial charge in [-0.3, -0.25) is 9.69 Å². The van der Waals surface area contributed by atoms with E-state index in [1.165, 1.54) is 6.42 Å². The smallest absolute Gasteiger partial charge is 0.254 e. The molecule has 110 valence electrons. The molecule has 1 aromatic rings. The van der Waals surface area contributed by atoms with Crippen LogP contribution in [0.4, 0.5) is 0 Å². The Bertz CT molecular complexity index is 481. The Kier molecular flexibility index (Phi) is 5.22. The number of carbonyl (C=O) groups excluding carboxylic acids is 1. The minimum Gasteiger partial charge on any atom is -0.336 e. The predicted molar refractivity (Wildman–Crippen MR) is 86.1 cm³/mol. The number of hydrogen-bond donors (Lipinski definition) is 0. The molecule has 2 rings (SSSR count). The zero-order chi connectivity index (χ0) is 14.7. The van der Waals surface area contributed by atoms with Gasteiger partial charge in [-0.05, 0) is 38.0 Å². The van der Waals surface area contributed by atoms with Crippen LogP contribution in [-0.4, -0.2) is 47.9 Å². The first-order valence-electron chi connectivity index (χ1n) is 7.32. The van der Waals surface area contributed by atoms with Gasteiger partial charge in [-0.25, -0.2) is 0 Å². The molecule has 0 aliphatic carbocycles. The maximum atomic E-state index is 12.6. The summed E-state index contributed by atoms with van der Waals surface area (Å²) in [6, 6.07) is 6.51. The monoisotopic (exact) mass is 338 g/mol. The summed E-state index contributed by atoms with van der Waals surface area (Å²) in [4.78, 5) is 17.1. The van der Waals surface area contributed by atoms with E-state index in [0.717, 1.165) is 41.8 Å². The second kappa shape index (κ2) is 6.72. The van der Waals surface area contributed by atoms with Gasteiger partial charge in [0.25, 0.3) is 5.91 Å². The molecule has 3 nitrogen and oxygen atoms in total. The summed E-state index contributed by atoms with van der Waals surface area (Å²) < 4.78 is 0.963. The van der Waals surface area contributed by atoms with Crippen LogP contribution in [0.3, 0.4) is 0 Å². The van der Waals surface area contributed by atoms with Crippen molar-refractivity contribution < 1.29 is 4.79 Å². The maximum Gasteiger partial charge on any atom is 0.254 e. The first-order chi connectivity index (χ1) is 9.52. The van der Waals surface area contributed by atoms with Crippen molar-refractivity contribution in [2.24, 2.45) is 0 Å². The van der Waals surface area contributed by atoms with Gasteiger partial charge in [0.1, 0.15) is 0 Å². The fourth-order valence-corrected chi connectivity index (χ4v) is 2.98. The van der Waals surface area contributed by atoms with Crippen LogP contribution < -0.4 is 0 Å². The minimum atomic E-state index is 0.160. The molecular formula is C16H23BrN2O. The molecule has 0 radical (unpaired) electrons. The first-order valence-corrected chi connectivity index (χ1v) is 8.11. The van der Waals surface area contributed by atoms with E-state index < -0.39 is 0 Å². The number of nitrogens with zero attached hydrogens (tertiary/aromatic N) is 2. The van der Waals surface area contributed by atoms with Crippen LogP contribution in [0.25, 0.3) is 0 Å². The van der Waals surface area contributed by atoms with Gasteiger partial charge in [-0.15, -0.1) is 0 Å². The number of rotatable bonds is 3. The number of carbonyl (C=O) groups is 1. The molecule has 1 heterocycles. The van der Waals surface area contributed by atoms with Gasteiger partial charge in [0, 0.05) is 42.3 Å². The Labute approximate surface area is 130 Å². The highest BCUT2D eigenvalue weighted by Crippen LogP contribution is 2.19. The van der Waals surface area contributed by atoms with Gasteiger partial charge in [0.2, 0.25) is 0 Å². The van der Waals surface area contributed by atoms with Gasteiger partial charge in [0.05, 0.1) is 0 Å². The van der Waals surface area contributed by atoms with Gasteiger partial charge < -0.3 is 4.90 Å². The van der Waals surface area contributed by atoms with Crippen molar-refractivity contribution in [3.63, 3.8) is 0 Å². The van der Waals surface area contributed by atoms with Crippen molar-refractivity contribution in [3.05, 3.63) is 33.8 Å². The third-order valence-corrected chi connectivity index (χ3v) is 4.74. The zero-order valence-electron chi connectivity index (χ0n) is 12.5. The lowest BCUT2D eigenvalue weighted by molar-refractivity contribution is 0.0579. The van der Waals surface area contributed by atoms with Gasteiger partial charge in [0.15, 0.2) is 0 Å². The lowest BCUT2D eigenvalue weighted by Gasteiger charge is -2.38. The van der Waals surface area contributed by atoms with Crippen LogP contribution in [0.2, 0.25) is 0 Å². The highest BCUT2D eigenvalue weighted by atomic mass is 79.9. The summed E-state index contributed by atoms with van der Waals surface area (Å²) in [5.74, 6) is 0.160. The molecule has 0 spiro atoms. The van der Waals surface area contributed by atoms with E-state index in [1.54, 1.807) is 0 Å². The summed E-state index contributed by atoms with van der Waals surface area (Å²) in [6.07, 6.45) is 1.17. The molecule has 4 heteroatoms. The van der Waals surface area contributed by atoms with Crippen LogP contribution in [-0.2, 0) is 0 Å². The fourth-order valence-electron chi connectivity index (χ4n) is 2.62. The first kappa shape index (κ1) is 15.5. The zero-order valence-corrected chi connectivity index (χ0v) is 14.1. The summed E-state index contributed by atoms with van der Waals surface area (Å²) >= 11 is 3.45. The highest BCUT2D eigenvalue weighted by molar-refractivity contribution is 9.10. The van der Waals surface area contributed by atoms with Crippen molar-refractivity contribution in [2.45, 2.75) is 33.2 Å². The Morgan fingerprint density at radius 3 is 2.55 bits per heavy atom. The van der Waals surface area contributed by atoms with Crippen molar-refractivity contribution >= 4 is 21.8 Å². The Morgan fingerprint density at radius 2 is 1.95 bits per heavy atom. The summed E-state index contributed by atoms with van der Waals surface area (Å²) in [5.41, 5.74) is 1.86. The third kappa shape index (κ3) is 3.41. The summed E-state index contributed by atoms with van der Waals surface area (Å²) in [6.45, 7) is 10.1. The average molecular weight is 339 g/mol. The van der Waals surface area contributed by atoms with E-state index in [9.17, 15) is 4.79 Å². The second-order valence-corrected chi connectivity index (χ2v) is 6.46. The van der Waals surface area contributed by atoms with E-state index >= 15 is 0 Å². The lowest BCUT2D eigenvalue weighted by Crippen LogP contribution is -2.51. The van der Waals surface area contributed by atoms with Crippen LogP contribution in [0, 0.1) is 6.92 Å². The van der Waals surface area contributed by atoms with Crippen LogP contribution >= 0.6 is 15.9 Å². The number of piperazine rings is 1. The molecule has 1 fully saturated rings. The van der Waals surface area contributed by atoms with E-state index in [2.05, 4.69) is 34.7 Å². The van der Waals surface area contributed by atoms with Gasteiger partial charge in [-0.2, -0.15) is 0 Å². The van der Waals surface area contributed by atoms with Crippen LogP contribution in [0.5, 0.6) is 0 Å². The molecule has 1 aromatic carbocycles. The number of amides is 1. The molecular weight excluding hydrogens is 316 g/mol. The average Bonchev–Trinajstić information content (AvgIpc) is 2.48. The Morgan fingerprint density at radius 1 is 1.30 bits per heavy atom. The molecule has 1 aliphatic heterocycles. The molecule has 0 saturated carbocycles. The minimum absolute atomic E-state index is 0.160. The third-order valence-electron chi connectivity index (χ3n) is 4.25. The van der Waals surface area contributed by atoms with Gasteiger partial charge in [-0.1, -0.05) is 28.9 Å². The Hall–Kier alpha value is -0.870. The SMILES string of the molecule is CCC(C)N1CCN(C(=O)c2cc(Br)ccc2C)CC1. The van der Waals surface area contributed by atoms with E-state index in [0.29, 0.717) is 6.04 Å². The van der Waals surface area contributed by atoms with E-state index in [-0.39, 0.29) is 5.91 Å². The number of halogens is 1. The van der Waals surface area contributed by atoms with Crippen LogP contribution in [0.15, 0.2) is 22.7 Å². The topological polar surface area (TPSA) is 23.6 Å². The van der Waals surface area contributed by atoms with E-state index in [4.69, 9.17) is 0 Å². The summed E-state index contributed by atoms with van der Waals surface area (Å²) in [7, 11) is 0. The standard InChI is InChI=1S/C16H23BrN2O/c1-4-13(3)18-7-9-19(10-8-18)16(20)15-11-14(17)6-5-12(15)2/h5-6,11,13H,4,7-10H2,1-3H3. The molecule has 1 saturated heterocycles. The highest BCUT2D eigenvalue weighted by Gasteiger charge is 2.24. The molecule has 1 atom stereocenters. The molecule has 0 bridgehead atoms. The second-order valence-electron chi connectivity index (χ2n) is 5.54.